The first-order valence-electron chi connectivity index (χ1n) is 10.1. The number of aryl methyl sites for hydroxylation is 2. The summed E-state index contributed by atoms with van der Waals surface area (Å²) in [6, 6.07) is 26.3. The molecular formula is C26H25N3O. The minimum Gasteiger partial charge on any atom is -0.343 e. The Bertz CT molecular complexity index is 1120. The van der Waals surface area contributed by atoms with Gasteiger partial charge in [0.2, 0.25) is 0 Å². The summed E-state index contributed by atoms with van der Waals surface area (Å²) in [6.45, 7) is 6.66. The fourth-order valence-electron chi connectivity index (χ4n) is 3.47. The van der Waals surface area contributed by atoms with Crippen LogP contribution in [-0.4, -0.2) is 11.6 Å². The van der Waals surface area contributed by atoms with Crippen LogP contribution in [0.4, 0.5) is 11.4 Å². The molecule has 30 heavy (non-hydrogen) atoms. The second-order valence-electron chi connectivity index (χ2n) is 7.56. The molecule has 1 heterocycles. The number of para-hydroxylation sites is 1. The maximum atomic E-state index is 13.2. The summed E-state index contributed by atoms with van der Waals surface area (Å²) in [7, 11) is 0. The number of carbonyl (C=O) groups is 1. The van der Waals surface area contributed by atoms with Crippen molar-refractivity contribution >= 4 is 23.0 Å². The molecule has 0 fully saturated rings. The molecule has 0 N–H and O–H groups in total. The minimum atomic E-state index is -0.107. The largest absolute Gasteiger partial charge is 0.343 e. The highest BCUT2D eigenvalue weighted by Gasteiger charge is 2.29. The Balaban J connectivity index is 1.68. The topological polar surface area (TPSA) is 35.9 Å². The van der Waals surface area contributed by atoms with E-state index in [2.05, 4.69) is 29.1 Å². The lowest BCUT2D eigenvalue weighted by molar-refractivity contribution is -0.114. The van der Waals surface area contributed by atoms with Crippen molar-refractivity contribution in [2.75, 3.05) is 9.91 Å². The van der Waals surface area contributed by atoms with Crippen LogP contribution in [0.5, 0.6) is 0 Å². The van der Waals surface area contributed by atoms with Crippen molar-refractivity contribution in [1.29, 1.82) is 0 Å². The predicted octanol–water partition coefficient (Wildman–Crippen LogP) is 5.62. The van der Waals surface area contributed by atoms with Gasteiger partial charge in [0.05, 0.1) is 17.0 Å². The molecule has 3 aromatic carbocycles. The number of benzene rings is 3. The molecular weight excluding hydrogens is 370 g/mol. The van der Waals surface area contributed by atoms with Gasteiger partial charge in [-0.15, -0.1) is 0 Å². The average Bonchev–Trinajstić information content (AvgIpc) is 3.05. The van der Waals surface area contributed by atoms with Crippen LogP contribution in [0, 0.1) is 13.8 Å². The Labute approximate surface area is 177 Å². The van der Waals surface area contributed by atoms with Crippen molar-refractivity contribution in [3.8, 4) is 0 Å². The lowest BCUT2D eigenvalue weighted by Gasteiger charge is -2.22. The van der Waals surface area contributed by atoms with Gasteiger partial charge in [0, 0.05) is 18.4 Å². The van der Waals surface area contributed by atoms with Gasteiger partial charge in [-0.1, -0.05) is 54.6 Å². The molecule has 0 aromatic heterocycles. The van der Waals surface area contributed by atoms with Crippen molar-refractivity contribution in [2.24, 2.45) is 5.10 Å². The van der Waals surface area contributed by atoms with Crippen LogP contribution < -0.4 is 9.91 Å². The summed E-state index contributed by atoms with van der Waals surface area (Å²) in [6.07, 6.45) is 1.92. The summed E-state index contributed by atoms with van der Waals surface area (Å²) < 4.78 is 0. The summed E-state index contributed by atoms with van der Waals surface area (Å²) in [4.78, 5) is 15.4. The van der Waals surface area contributed by atoms with Crippen LogP contribution in [-0.2, 0) is 11.3 Å². The number of amides is 1. The number of anilines is 2. The van der Waals surface area contributed by atoms with Crippen LogP contribution in [0.15, 0.2) is 95.7 Å². The lowest BCUT2D eigenvalue weighted by atomic mass is 10.1. The summed E-state index contributed by atoms with van der Waals surface area (Å²) in [5, 5.41) is 6.05. The fraction of sp³-hybridized carbons (Fsp3) is 0.154. The van der Waals surface area contributed by atoms with Crippen LogP contribution in [0.2, 0.25) is 0 Å². The SMILES string of the molecule is CC1=NN(c2ccc(C)c(C)c2)C(=O)/C1=C\N(Cc1ccccc1)c1ccccc1. The van der Waals surface area contributed by atoms with Gasteiger partial charge in [-0.3, -0.25) is 4.79 Å². The van der Waals surface area contributed by atoms with Crippen molar-refractivity contribution < 1.29 is 4.79 Å². The first-order chi connectivity index (χ1) is 14.5. The van der Waals surface area contributed by atoms with Gasteiger partial charge in [-0.25, -0.2) is 0 Å². The van der Waals surface area contributed by atoms with Gasteiger partial charge in [0.15, 0.2) is 0 Å². The highest BCUT2D eigenvalue weighted by Crippen LogP contribution is 2.27. The number of hydrazone groups is 1. The van der Waals surface area contributed by atoms with E-state index in [9.17, 15) is 4.79 Å². The molecule has 0 spiro atoms. The molecule has 0 radical (unpaired) electrons. The highest BCUT2D eigenvalue weighted by atomic mass is 16.2. The molecule has 0 unspecified atom stereocenters. The van der Waals surface area contributed by atoms with E-state index in [0.717, 1.165) is 16.9 Å². The average molecular weight is 396 g/mol. The standard InChI is InChI=1S/C26H25N3O/c1-19-14-15-24(16-20(19)2)29-26(30)25(21(3)27-29)18-28(23-12-8-5-9-13-23)17-22-10-6-4-7-11-22/h4-16,18H,17H2,1-3H3/b25-18-. The third kappa shape index (κ3) is 4.03. The molecule has 0 atom stereocenters. The molecule has 0 bridgehead atoms. The van der Waals surface area contributed by atoms with Gasteiger partial charge >= 0.3 is 0 Å². The molecule has 1 aliphatic heterocycles. The first kappa shape index (κ1) is 19.6. The molecule has 3 aromatic rings. The predicted molar refractivity (Wildman–Crippen MR) is 124 cm³/mol. The van der Waals surface area contributed by atoms with Crippen molar-refractivity contribution in [1.82, 2.24) is 0 Å². The Morgan fingerprint density at radius 2 is 1.53 bits per heavy atom. The van der Waals surface area contributed by atoms with Gasteiger partial charge in [0.1, 0.15) is 0 Å². The van der Waals surface area contributed by atoms with E-state index in [1.165, 1.54) is 16.1 Å². The molecule has 1 aliphatic rings. The number of nitrogens with zero attached hydrogens (tertiary/aromatic N) is 3. The normalized spacial score (nSPS) is 14.9. The monoisotopic (exact) mass is 395 g/mol. The van der Waals surface area contributed by atoms with Crippen molar-refractivity contribution in [3.63, 3.8) is 0 Å². The van der Waals surface area contributed by atoms with Crippen molar-refractivity contribution in [3.05, 3.63) is 107 Å². The second kappa shape index (κ2) is 8.37. The van der Waals surface area contributed by atoms with Gasteiger partial charge < -0.3 is 4.90 Å². The summed E-state index contributed by atoms with van der Waals surface area (Å²) in [5.41, 5.74) is 6.64. The zero-order chi connectivity index (χ0) is 21.1. The Hall–Kier alpha value is -3.66. The zero-order valence-corrected chi connectivity index (χ0v) is 17.5. The Morgan fingerprint density at radius 1 is 0.867 bits per heavy atom. The number of hydrogen-bond acceptors (Lipinski definition) is 3. The second-order valence-corrected chi connectivity index (χ2v) is 7.56. The van der Waals surface area contributed by atoms with Crippen LogP contribution >= 0.6 is 0 Å². The van der Waals surface area contributed by atoms with Crippen molar-refractivity contribution in [2.45, 2.75) is 27.3 Å². The number of rotatable bonds is 5. The molecule has 4 nitrogen and oxygen atoms in total. The third-order valence-corrected chi connectivity index (χ3v) is 5.37. The minimum absolute atomic E-state index is 0.107. The smallest absolute Gasteiger partial charge is 0.282 e. The Morgan fingerprint density at radius 3 is 2.20 bits per heavy atom. The number of carbonyl (C=O) groups excluding carboxylic acids is 1. The molecule has 0 saturated carbocycles. The third-order valence-electron chi connectivity index (χ3n) is 5.37. The zero-order valence-electron chi connectivity index (χ0n) is 17.5. The molecule has 4 rings (SSSR count). The van der Waals surface area contributed by atoms with E-state index in [0.29, 0.717) is 17.8 Å². The molecule has 1 amide bonds. The first-order valence-corrected chi connectivity index (χ1v) is 10.1. The van der Waals surface area contributed by atoms with Crippen LogP contribution in [0.25, 0.3) is 0 Å². The molecule has 0 saturated heterocycles. The lowest BCUT2D eigenvalue weighted by Crippen LogP contribution is -2.24. The van der Waals surface area contributed by atoms with Gasteiger partial charge in [0.25, 0.3) is 5.91 Å². The highest BCUT2D eigenvalue weighted by molar-refractivity contribution is 6.29. The maximum absolute atomic E-state index is 13.2. The Kier molecular flexibility index (Phi) is 5.48. The molecule has 150 valence electrons. The van der Waals surface area contributed by atoms with Crippen LogP contribution in [0.3, 0.4) is 0 Å². The van der Waals surface area contributed by atoms with E-state index in [1.54, 1.807) is 0 Å². The molecule has 4 heteroatoms. The van der Waals surface area contributed by atoms with E-state index < -0.39 is 0 Å². The summed E-state index contributed by atoms with van der Waals surface area (Å²) in [5.74, 6) is -0.107. The van der Waals surface area contributed by atoms with E-state index in [1.807, 2.05) is 86.8 Å². The molecule has 0 aliphatic carbocycles. The van der Waals surface area contributed by atoms with Crippen LogP contribution in [0.1, 0.15) is 23.6 Å². The van der Waals surface area contributed by atoms with E-state index in [4.69, 9.17) is 0 Å². The van der Waals surface area contributed by atoms with Gasteiger partial charge in [-0.05, 0) is 61.7 Å². The van der Waals surface area contributed by atoms with E-state index in [-0.39, 0.29) is 5.91 Å². The summed E-state index contributed by atoms with van der Waals surface area (Å²) >= 11 is 0. The quantitative estimate of drug-likeness (QED) is 0.526. The van der Waals surface area contributed by atoms with Gasteiger partial charge in [-0.2, -0.15) is 10.1 Å². The fourth-order valence-corrected chi connectivity index (χ4v) is 3.47. The maximum Gasteiger partial charge on any atom is 0.282 e. The van der Waals surface area contributed by atoms with E-state index >= 15 is 0 Å². The number of hydrogen-bond donors (Lipinski definition) is 0.